The summed E-state index contributed by atoms with van der Waals surface area (Å²) in [6.45, 7) is 5.04. The van der Waals surface area contributed by atoms with Crippen LogP contribution in [0.15, 0.2) is 18.2 Å². The summed E-state index contributed by atoms with van der Waals surface area (Å²) in [5.74, 6) is 0.326. The minimum Gasteiger partial charge on any atom is -0.491 e. The van der Waals surface area contributed by atoms with Crippen molar-refractivity contribution in [1.82, 2.24) is 5.32 Å². The number of hydrogen-bond acceptors (Lipinski definition) is 4. The lowest BCUT2D eigenvalue weighted by atomic mass is 10.0. The van der Waals surface area contributed by atoms with Gasteiger partial charge in [0.25, 0.3) is 5.91 Å². The normalized spacial score (nSPS) is 22.3. The van der Waals surface area contributed by atoms with Gasteiger partial charge in [-0.25, -0.2) is 0 Å². The highest BCUT2D eigenvalue weighted by Crippen LogP contribution is 2.26. The first-order valence-corrected chi connectivity index (χ1v) is 7.05. The van der Waals surface area contributed by atoms with Crippen molar-refractivity contribution in [2.75, 3.05) is 18.9 Å². The maximum Gasteiger partial charge on any atom is 0.255 e. The summed E-state index contributed by atoms with van der Waals surface area (Å²) < 4.78 is 11.0. The molecule has 2 atom stereocenters. The molecule has 1 amide bonds. The summed E-state index contributed by atoms with van der Waals surface area (Å²) in [5, 5.41) is 3.04. The number of benzene rings is 1. The van der Waals surface area contributed by atoms with Crippen LogP contribution in [-0.4, -0.2) is 31.3 Å². The van der Waals surface area contributed by atoms with Gasteiger partial charge in [0.15, 0.2) is 5.75 Å². The van der Waals surface area contributed by atoms with Gasteiger partial charge in [0, 0.05) is 12.6 Å². The lowest BCUT2D eigenvalue weighted by molar-refractivity contribution is 0.0136. The topological polar surface area (TPSA) is 73.6 Å². The Labute approximate surface area is 119 Å². The highest BCUT2D eigenvalue weighted by atomic mass is 16.5. The number of ether oxygens (including phenoxy) is 2. The van der Waals surface area contributed by atoms with Crippen LogP contribution in [0, 0.1) is 0 Å². The molecule has 5 nitrogen and oxygen atoms in total. The molecular weight excluding hydrogens is 256 g/mol. The highest BCUT2D eigenvalue weighted by Gasteiger charge is 2.23. The summed E-state index contributed by atoms with van der Waals surface area (Å²) in [6.07, 6.45) is 1.85. The Morgan fingerprint density at radius 1 is 1.55 bits per heavy atom. The van der Waals surface area contributed by atoms with Crippen molar-refractivity contribution in [2.45, 2.75) is 38.8 Å². The average Bonchev–Trinajstić information content (AvgIpc) is 2.41. The predicted octanol–water partition coefficient (Wildman–Crippen LogP) is 1.96. The molecule has 0 aromatic heterocycles. The van der Waals surface area contributed by atoms with E-state index < -0.39 is 0 Å². The molecule has 0 radical (unpaired) electrons. The number of carbonyl (C=O) groups excluding carboxylic acids is 1. The molecular formula is C15H22N2O3. The van der Waals surface area contributed by atoms with Gasteiger partial charge in [0.2, 0.25) is 0 Å². The maximum atomic E-state index is 12.4. The molecule has 1 aliphatic rings. The molecule has 3 N–H and O–H groups in total. The van der Waals surface area contributed by atoms with Gasteiger partial charge in [-0.1, -0.05) is 6.07 Å². The van der Waals surface area contributed by atoms with Crippen LogP contribution in [-0.2, 0) is 4.74 Å². The molecule has 1 aromatic carbocycles. The van der Waals surface area contributed by atoms with Crippen LogP contribution < -0.4 is 15.8 Å². The fraction of sp³-hybridized carbons (Fsp3) is 0.533. The summed E-state index contributed by atoms with van der Waals surface area (Å²) >= 11 is 0. The molecule has 0 saturated carbocycles. The van der Waals surface area contributed by atoms with Gasteiger partial charge in [0.1, 0.15) is 0 Å². The van der Waals surface area contributed by atoms with Gasteiger partial charge in [0.05, 0.1) is 24.0 Å². The Hall–Kier alpha value is -1.75. The Bertz CT molecular complexity index is 476. The maximum absolute atomic E-state index is 12.4. The summed E-state index contributed by atoms with van der Waals surface area (Å²) in [5.41, 5.74) is 6.85. The van der Waals surface area contributed by atoms with E-state index in [1.165, 1.54) is 0 Å². The fourth-order valence-corrected chi connectivity index (χ4v) is 2.43. The standard InChI is InChI=1S/C15H22N2O3/c1-3-19-14-12(5-4-6-13(14)16)15(18)17-11-7-8-20-10(2)9-11/h4-6,10-11H,3,7-9,16H2,1-2H3,(H,17,18). The zero-order chi connectivity index (χ0) is 14.5. The summed E-state index contributed by atoms with van der Waals surface area (Å²) in [6, 6.07) is 5.37. The Balaban J connectivity index is 2.10. The van der Waals surface area contributed by atoms with Crippen LogP contribution in [0.1, 0.15) is 37.0 Å². The average molecular weight is 278 g/mol. The second-order valence-electron chi connectivity index (χ2n) is 5.03. The number of carbonyl (C=O) groups is 1. The van der Waals surface area contributed by atoms with E-state index in [9.17, 15) is 4.79 Å². The van der Waals surface area contributed by atoms with E-state index in [0.717, 1.165) is 12.8 Å². The van der Waals surface area contributed by atoms with Crippen molar-refractivity contribution in [3.05, 3.63) is 23.8 Å². The minimum atomic E-state index is -0.139. The summed E-state index contributed by atoms with van der Waals surface area (Å²) in [4.78, 5) is 12.4. The van der Waals surface area contributed by atoms with E-state index in [1.807, 2.05) is 13.8 Å². The van der Waals surface area contributed by atoms with Crippen LogP contribution in [0.5, 0.6) is 5.75 Å². The molecule has 2 rings (SSSR count). The van der Waals surface area contributed by atoms with E-state index in [2.05, 4.69) is 5.32 Å². The van der Waals surface area contributed by atoms with Gasteiger partial charge < -0.3 is 20.5 Å². The van der Waals surface area contributed by atoms with Crippen LogP contribution in [0.2, 0.25) is 0 Å². The first kappa shape index (κ1) is 14.7. The van der Waals surface area contributed by atoms with Gasteiger partial charge in [-0.05, 0) is 38.8 Å². The SMILES string of the molecule is CCOc1c(N)cccc1C(=O)NC1CCOC(C)C1. The molecule has 0 spiro atoms. The number of rotatable bonds is 4. The smallest absolute Gasteiger partial charge is 0.255 e. The molecule has 1 saturated heterocycles. The number of nitrogens with two attached hydrogens (primary N) is 1. The molecule has 5 heteroatoms. The number of amides is 1. The van der Waals surface area contributed by atoms with Crippen molar-refractivity contribution >= 4 is 11.6 Å². The number of para-hydroxylation sites is 1. The van der Waals surface area contributed by atoms with E-state index in [4.69, 9.17) is 15.2 Å². The lowest BCUT2D eigenvalue weighted by Gasteiger charge is -2.28. The molecule has 1 fully saturated rings. The lowest BCUT2D eigenvalue weighted by Crippen LogP contribution is -2.41. The van der Waals surface area contributed by atoms with Crippen LogP contribution in [0.4, 0.5) is 5.69 Å². The quantitative estimate of drug-likeness (QED) is 0.826. The third kappa shape index (κ3) is 3.42. The number of nitrogens with one attached hydrogen (secondary N) is 1. The Kier molecular flexibility index (Phi) is 4.84. The molecule has 0 aliphatic carbocycles. The van der Waals surface area contributed by atoms with Crippen molar-refractivity contribution in [3.8, 4) is 5.75 Å². The van der Waals surface area contributed by atoms with Gasteiger partial charge in [-0.2, -0.15) is 0 Å². The molecule has 1 heterocycles. The van der Waals surface area contributed by atoms with Gasteiger partial charge in [-0.15, -0.1) is 0 Å². The van der Waals surface area contributed by atoms with E-state index in [1.54, 1.807) is 18.2 Å². The van der Waals surface area contributed by atoms with Crippen molar-refractivity contribution < 1.29 is 14.3 Å². The number of anilines is 1. The van der Waals surface area contributed by atoms with Gasteiger partial charge in [-0.3, -0.25) is 4.79 Å². The van der Waals surface area contributed by atoms with Crippen LogP contribution in [0.3, 0.4) is 0 Å². The molecule has 0 bridgehead atoms. The largest absolute Gasteiger partial charge is 0.491 e. The molecule has 20 heavy (non-hydrogen) atoms. The number of hydrogen-bond donors (Lipinski definition) is 2. The summed E-state index contributed by atoms with van der Waals surface area (Å²) in [7, 11) is 0. The zero-order valence-corrected chi connectivity index (χ0v) is 12.0. The van der Waals surface area contributed by atoms with Crippen LogP contribution in [0.25, 0.3) is 0 Å². The van der Waals surface area contributed by atoms with Crippen molar-refractivity contribution in [3.63, 3.8) is 0 Å². The van der Waals surface area contributed by atoms with Crippen molar-refractivity contribution in [2.24, 2.45) is 0 Å². The van der Waals surface area contributed by atoms with E-state index in [0.29, 0.717) is 30.2 Å². The second-order valence-corrected chi connectivity index (χ2v) is 5.03. The highest BCUT2D eigenvalue weighted by molar-refractivity contribution is 5.98. The van der Waals surface area contributed by atoms with E-state index in [-0.39, 0.29) is 18.1 Å². The number of nitrogen functional groups attached to an aromatic ring is 1. The molecule has 2 unspecified atom stereocenters. The van der Waals surface area contributed by atoms with E-state index >= 15 is 0 Å². The first-order valence-electron chi connectivity index (χ1n) is 7.05. The molecule has 1 aromatic rings. The predicted molar refractivity (Wildman–Crippen MR) is 77.9 cm³/mol. The van der Waals surface area contributed by atoms with Crippen LogP contribution >= 0.6 is 0 Å². The zero-order valence-electron chi connectivity index (χ0n) is 12.0. The third-order valence-electron chi connectivity index (χ3n) is 3.40. The minimum absolute atomic E-state index is 0.139. The molecule has 1 aliphatic heterocycles. The Morgan fingerprint density at radius 2 is 2.35 bits per heavy atom. The van der Waals surface area contributed by atoms with Gasteiger partial charge >= 0.3 is 0 Å². The monoisotopic (exact) mass is 278 g/mol. The Morgan fingerprint density at radius 3 is 3.05 bits per heavy atom. The fourth-order valence-electron chi connectivity index (χ4n) is 2.43. The third-order valence-corrected chi connectivity index (χ3v) is 3.40. The second kappa shape index (κ2) is 6.61. The van der Waals surface area contributed by atoms with Crippen molar-refractivity contribution in [1.29, 1.82) is 0 Å². The molecule has 110 valence electrons. The first-order chi connectivity index (χ1) is 9.61.